The molecule has 0 bridgehead atoms. The molecule has 0 aromatic heterocycles. The summed E-state index contributed by atoms with van der Waals surface area (Å²) in [7, 11) is 0. The number of aliphatic hydroxyl groups excluding tert-OH is 1. The lowest BCUT2D eigenvalue weighted by Crippen LogP contribution is -2.51. The summed E-state index contributed by atoms with van der Waals surface area (Å²) in [4.78, 5) is 13.7. The molecule has 1 N–H and O–H groups in total. The largest absolute Gasteiger partial charge is 0.396 e. The normalized spacial score (nSPS) is 23.9. The van der Waals surface area contributed by atoms with E-state index in [-0.39, 0.29) is 6.61 Å². The van der Waals surface area contributed by atoms with Crippen molar-refractivity contribution in [3.8, 4) is 0 Å². The first-order valence-corrected chi connectivity index (χ1v) is 6.18. The van der Waals surface area contributed by atoms with E-state index < -0.39 is 0 Å². The molecule has 0 aromatic rings. The second-order valence-corrected chi connectivity index (χ2v) is 5.06. The van der Waals surface area contributed by atoms with Crippen LogP contribution < -0.4 is 0 Å². The molecule has 1 saturated carbocycles. The SMILES string of the molecule is O=C(CC1CCCCC1)N1CC(CO)C1. The summed E-state index contributed by atoms with van der Waals surface area (Å²) in [6, 6.07) is 0. The van der Waals surface area contributed by atoms with Crippen molar-refractivity contribution in [1.29, 1.82) is 0 Å². The van der Waals surface area contributed by atoms with E-state index in [0.717, 1.165) is 19.5 Å². The Labute approximate surface area is 91.5 Å². The van der Waals surface area contributed by atoms with Gasteiger partial charge in [0.1, 0.15) is 0 Å². The molecule has 1 aliphatic heterocycles. The molecular formula is C12H21NO2. The van der Waals surface area contributed by atoms with E-state index in [1.54, 1.807) is 0 Å². The van der Waals surface area contributed by atoms with Crippen LogP contribution in [0, 0.1) is 11.8 Å². The zero-order chi connectivity index (χ0) is 10.7. The third-order valence-corrected chi connectivity index (χ3v) is 3.76. The Hall–Kier alpha value is -0.570. The Balaban J connectivity index is 1.68. The van der Waals surface area contributed by atoms with Crippen molar-refractivity contribution in [2.75, 3.05) is 19.7 Å². The smallest absolute Gasteiger partial charge is 0.222 e. The molecule has 15 heavy (non-hydrogen) atoms. The van der Waals surface area contributed by atoms with Gasteiger partial charge in [0, 0.05) is 32.0 Å². The number of likely N-dealkylation sites (tertiary alicyclic amines) is 1. The van der Waals surface area contributed by atoms with Crippen LogP contribution in [0.15, 0.2) is 0 Å². The van der Waals surface area contributed by atoms with E-state index in [4.69, 9.17) is 5.11 Å². The van der Waals surface area contributed by atoms with Crippen molar-refractivity contribution in [3.05, 3.63) is 0 Å². The highest BCUT2D eigenvalue weighted by Gasteiger charge is 2.31. The van der Waals surface area contributed by atoms with Gasteiger partial charge >= 0.3 is 0 Å². The Kier molecular flexibility index (Phi) is 3.62. The molecule has 2 fully saturated rings. The fraction of sp³-hybridized carbons (Fsp3) is 0.917. The van der Waals surface area contributed by atoms with Gasteiger partial charge in [-0.3, -0.25) is 4.79 Å². The maximum absolute atomic E-state index is 11.8. The van der Waals surface area contributed by atoms with E-state index in [9.17, 15) is 4.79 Å². The maximum atomic E-state index is 11.8. The zero-order valence-corrected chi connectivity index (χ0v) is 9.32. The van der Waals surface area contributed by atoms with Gasteiger partial charge in [0.25, 0.3) is 0 Å². The minimum atomic E-state index is 0.229. The summed E-state index contributed by atoms with van der Waals surface area (Å²) in [6.07, 6.45) is 7.18. The second-order valence-electron chi connectivity index (χ2n) is 5.06. The third-order valence-electron chi connectivity index (χ3n) is 3.76. The van der Waals surface area contributed by atoms with Crippen molar-refractivity contribution in [2.45, 2.75) is 38.5 Å². The third kappa shape index (κ3) is 2.71. The number of carbonyl (C=O) groups is 1. The fourth-order valence-electron chi connectivity index (χ4n) is 2.66. The van der Waals surface area contributed by atoms with Gasteiger partial charge in [-0.15, -0.1) is 0 Å². The van der Waals surface area contributed by atoms with Gasteiger partial charge in [0.2, 0.25) is 5.91 Å². The first-order chi connectivity index (χ1) is 7.29. The van der Waals surface area contributed by atoms with Crippen LogP contribution in [0.3, 0.4) is 0 Å². The predicted octanol–water partition coefficient (Wildman–Crippen LogP) is 1.41. The Morgan fingerprint density at radius 2 is 1.80 bits per heavy atom. The fourth-order valence-corrected chi connectivity index (χ4v) is 2.66. The van der Waals surface area contributed by atoms with E-state index >= 15 is 0 Å². The average Bonchev–Trinajstić information content (AvgIpc) is 2.17. The Bertz CT molecular complexity index is 218. The molecule has 1 amide bonds. The summed E-state index contributed by atoms with van der Waals surface area (Å²) < 4.78 is 0. The van der Waals surface area contributed by atoms with Gasteiger partial charge in [0.15, 0.2) is 0 Å². The van der Waals surface area contributed by atoms with Crippen LogP contribution in [-0.4, -0.2) is 35.6 Å². The summed E-state index contributed by atoms with van der Waals surface area (Å²) in [5.74, 6) is 1.30. The maximum Gasteiger partial charge on any atom is 0.222 e. The lowest BCUT2D eigenvalue weighted by atomic mass is 9.86. The molecule has 1 heterocycles. The van der Waals surface area contributed by atoms with E-state index in [1.165, 1.54) is 32.1 Å². The topological polar surface area (TPSA) is 40.5 Å². The minimum absolute atomic E-state index is 0.229. The number of aliphatic hydroxyl groups is 1. The molecule has 1 saturated heterocycles. The molecular weight excluding hydrogens is 190 g/mol. The molecule has 0 unspecified atom stereocenters. The highest BCUT2D eigenvalue weighted by atomic mass is 16.3. The van der Waals surface area contributed by atoms with Crippen LogP contribution in [-0.2, 0) is 4.79 Å². The minimum Gasteiger partial charge on any atom is -0.396 e. The first kappa shape index (κ1) is 10.9. The summed E-state index contributed by atoms with van der Waals surface area (Å²) in [5.41, 5.74) is 0. The molecule has 0 aromatic carbocycles. The molecule has 0 spiro atoms. The molecule has 3 nitrogen and oxygen atoms in total. The highest BCUT2D eigenvalue weighted by Crippen LogP contribution is 2.28. The van der Waals surface area contributed by atoms with Gasteiger partial charge in [-0.05, 0) is 18.8 Å². The molecule has 0 radical (unpaired) electrons. The van der Waals surface area contributed by atoms with Crippen LogP contribution in [0.2, 0.25) is 0 Å². The molecule has 1 aliphatic carbocycles. The van der Waals surface area contributed by atoms with Crippen molar-refractivity contribution in [2.24, 2.45) is 11.8 Å². The van der Waals surface area contributed by atoms with Crippen LogP contribution in [0.5, 0.6) is 0 Å². The first-order valence-electron chi connectivity index (χ1n) is 6.18. The standard InChI is InChI=1S/C12H21NO2/c14-9-11-7-13(8-11)12(15)6-10-4-2-1-3-5-10/h10-11,14H,1-9H2. The molecule has 2 rings (SSSR count). The molecule has 86 valence electrons. The van der Waals surface area contributed by atoms with Crippen molar-refractivity contribution < 1.29 is 9.90 Å². The Morgan fingerprint density at radius 1 is 1.13 bits per heavy atom. The molecule has 0 atom stereocenters. The number of hydrogen-bond donors (Lipinski definition) is 1. The van der Waals surface area contributed by atoms with Gasteiger partial charge in [-0.25, -0.2) is 0 Å². The highest BCUT2D eigenvalue weighted by molar-refractivity contribution is 5.77. The number of amides is 1. The average molecular weight is 211 g/mol. The van der Waals surface area contributed by atoms with Crippen molar-refractivity contribution in [3.63, 3.8) is 0 Å². The summed E-state index contributed by atoms with van der Waals surface area (Å²) >= 11 is 0. The zero-order valence-electron chi connectivity index (χ0n) is 9.32. The van der Waals surface area contributed by atoms with Crippen LogP contribution in [0.1, 0.15) is 38.5 Å². The van der Waals surface area contributed by atoms with Gasteiger partial charge < -0.3 is 10.0 Å². The van der Waals surface area contributed by atoms with E-state index in [2.05, 4.69) is 0 Å². The van der Waals surface area contributed by atoms with E-state index in [1.807, 2.05) is 4.90 Å². The summed E-state index contributed by atoms with van der Waals surface area (Å²) in [6.45, 7) is 1.79. The molecule has 3 heteroatoms. The van der Waals surface area contributed by atoms with Gasteiger partial charge in [0.05, 0.1) is 0 Å². The lowest BCUT2D eigenvalue weighted by molar-refractivity contribution is -0.139. The van der Waals surface area contributed by atoms with Crippen molar-refractivity contribution >= 4 is 5.91 Å². The Morgan fingerprint density at radius 3 is 2.40 bits per heavy atom. The number of nitrogens with zero attached hydrogens (tertiary/aromatic N) is 1. The quantitative estimate of drug-likeness (QED) is 0.766. The number of carbonyl (C=O) groups excluding carboxylic acids is 1. The van der Waals surface area contributed by atoms with Crippen molar-refractivity contribution in [1.82, 2.24) is 4.90 Å². The lowest BCUT2D eigenvalue weighted by Gasteiger charge is -2.39. The van der Waals surface area contributed by atoms with Crippen LogP contribution in [0.4, 0.5) is 0 Å². The van der Waals surface area contributed by atoms with E-state index in [0.29, 0.717) is 17.7 Å². The van der Waals surface area contributed by atoms with Crippen LogP contribution in [0.25, 0.3) is 0 Å². The predicted molar refractivity (Wildman–Crippen MR) is 58.3 cm³/mol. The van der Waals surface area contributed by atoms with Gasteiger partial charge in [-0.2, -0.15) is 0 Å². The van der Waals surface area contributed by atoms with Gasteiger partial charge in [-0.1, -0.05) is 19.3 Å². The molecule has 2 aliphatic rings. The summed E-state index contributed by atoms with van der Waals surface area (Å²) in [5, 5.41) is 8.87. The van der Waals surface area contributed by atoms with Crippen LogP contribution >= 0.6 is 0 Å². The number of hydrogen-bond acceptors (Lipinski definition) is 2. The number of rotatable bonds is 3. The second kappa shape index (κ2) is 4.97. The monoisotopic (exact) mass is 211 g/mol.